The largest absolute Gasteiger partial charge is 0.490 e. The lowest BCUT2D eigenvalue weighted by molar-refractivity contribution is 0.101. The number of nitrogen functional groups attached to an aromatic ring is 1. The molecule has 0 fully saturated rings. The first-order valence-electron chi connectivity index (χ1n) is 6.76. The number of amides is 1. The zero-order chi connectivity index (χ0) is 14.8. The number of rotatable bonds is 2. The lowest BCUT2D eigenvalue weighted by atomic mass is 10.2. The van der Waals surface area contributed by atoms with Crippen molar-refractivity contribution < 1.29 is 14.3 Å². The number of carbonyl (C=O) groups is 1. The van der Waals surface area contributed by atoms with Crippen LogP contribution in [0, 0.1) is 0 Å². The van der Waals surface area contributed by atoms with Crippen LogP contribution in [0.3, 0.4) is 0 Å². The van der Waals surface area contributed by atoms with Gasteiger partial charge in [0.05, 0.1) is 18.9 Å². The quantitative estimate of drug-likeness (QED) is 0.885. The van der Waals surface area contributed by atoms with Crippen LogP contribution in [0.5, 0.6) is 11.5 Å². The van der Waals surface area contributed by atoms with E-state index in [2.05, 4.69) is 5.32 Å². The third-order valence-corrected chi connectivity index (χ3v) is 3.26. The van der Waals surface area contributed by atoms with Crippen molar-refractivity contribution in [3.05, 3.63) is 36.2 Å². The predicted octanol–water partition coefficient (Wildman–Crippen LogP) is 2.02. The molecular weight excluding hydrogens is 270 g/mol. The van der Waals surface area contributed by atoms with Crippen molar-refractivity contribution in [2.24, 2.45) is 7.05 Å². The number of carbonyl (C=O) groups excluding carboxylic acids is 1. The molecular formula is C15H17N3O3. The molecule has 1 amide bonds. The topological polar surface area (TPSA) is 78.5 Å². The van der Waals surface area contributed by atoms with Crippen molar-refractivity contribution in [1.82, 2.24) is 4.57 Å². The number of nitrogens with one attached hydrogen (secondary N) is 1. The van der Waals surface area contributed by atoms with E-state index < -0.39 is 0 Å². The third-order valence-electron chi connectivity index (χ3n) is 3.26. The number of aryl methyl sites for hydroxylation is 1. The van der Waals surface area contributed by atoms with Gasteiger partial charge in [-0.2, -0.15) is 0 Å². The molecule has 0 unspecified atom stereocenters. The van der Waals surface area contributed by atoms with Crippen molar-refractivity contribution in [2.75, 3.05) is 24.3 Å². The number of hydrogen-bond donors (Lipinski definition) is 2. The van der Waals surface area contributed by atoms with Crippen LogP contribution in [-0.4, -0.2) is 23.7 Å². The molecule has 0 saturated heterocycles. The molecule has 21 heavy (non-hydrogen) atoms. The Labute approximate surface area is 122 Å². The number of nitrogens with zero attached hydrogens (tertiary/aromatic N) is 1. The lowest BCUT2D eigenvalue weighted by Gasteiger charge is -2.10. The number of hydrogen-bond acceptors (Lipinski definition) is 4. The molecule has 6 nitrogen and oxygen atoms in total. The van der Waals surface area contributed by atoms with Gasteiger partial charge in [0.2, 0.25) is 0 Å². The number of ether oxygens (including phenoxy) is 2. The summed E-state index contributed by atoms with van der Waals surface area (Å²) in [6, 6.07) is 7.00. The van der Waals surface area contributed by atoms with Gasteiger partial charge in [-0.25, -0.2) is 0 Å². The second kappa shape index (κ2) is 5.40. The Morgan fingerprint density at radius 1 is 1.24 bits per heavy atom. The van der Waals surface area contributed by atoms with E-state index in [-0.39, 0.29) is 5.91 Å². The van der Waals surface area contributed by atoms with Crippen LogP contribution in [0.4, 0.5) is 11.4 Å². The van der Waals surface area contributed by atoms with Gasteiger partial charge in [0.15, 0.2) is 11.5 Å². The highest BCUT2D eigenvalue weighted by molar-refractivity contribution is 6.04. The van der Waals surface area contributed by atoms with Crippen LogP contribution in [0.1, 0.15) is 16.9 Å². The smallest absolute Gasteiger partial charge is 0.272 e. The van der Waals surface area contributed by atoms with Crippen LogP contribution < -0.4 is 20.5 Å². The Kier molecular flexibility index (Phi) is 3.43. The zero-order valence-corrected chi connectivity index (χ0v) is 11.8. The molecule has 1 aliphatic rings. The Balaban J connectivity index is 1.80. The predicted molar refractivity (Wildman–Crippen MR) is 79.8 cm³/mol. The van der Waals surface area contributed by atoms with E-state index in [1.165, 1.54) is 0 Å². The number of nitrogens with two attached hydrogens (primary N) is 1. The fourth-order valence-electron chi connectivity index (χ4n) is 2.25. The van der Waals surface area contributed by atoms with Crippen LogP contribution in [0.25, 0.3) is 0 Å². The number of fused-ring (bicyclic) bond motifs is 1. The standard InChI is InChI=1S/C15H17N3O3/c1-18-9-10(16)7-12(18)15(19)17-11-3-4-13-14(8-11)21-6-2-5-20-13/h3-4,7-9H,2,5-6,16H2,1H3,(H,17,19). The first-order valence-corrected chi connectivity index (χ1v) is 6.76. The fraction of sp³-hybridized carbons (Fsp3) is 0.267. The Morgan fingerprint density at radius 3 is 2.71 bits per heavy atom. The summed E-state index contributed by atoms with van der Waals surface area (Å²) >= 11 is 0. The van der Waals surface area contributed by atoms with E-state index in [1.54, 1.807) is 42.1 Å². The van der Waals surface area contributed by atoms with Crippen molar-refractivity contribution in [3.8, 4) is 11.5 Å². The number of benzene rings is 1. The minimum atomic E-state index is -0.219. The van der Waals surface area contributed by atoms with E-state index in [0.717, 1.165) is 6.42 Å². The molecule has 0 bridgehead atoms. The third kappa shape index (κ3) is 2.79. The van der Waals surface area contributed by atoms with E-state index in [0.29, 0.717) is 41.8 Å². The second-order valence-electron chi connectivity index (χ2n) is 4.94. The molecule has 0 spiro atoms. The summed E-state index contributed by atoms with van der Waals surface area (Å²) in [5.74, 6) is 1.13. The van der Waals surface area contributed by atoms with Gasteiger partial charge in [-0.3, -0.25) is 4.79 Å². The summed E-state index contributed by atoms with van der Waals surface area (Å²) in [7, 11) is 1.78. The van der Waals surface area contributed by atoms with Crippen LogP contribution in [0.15, 0.2) is 30.5 Å². The van der Waals surface area contributed by atoms with Crippen molar-refractivity contribution >= 4 is 17.3 Å². The van der Waals surface area contributed by atoms with Gasteiger partial charge in [0.25, 0.3) is 5.91 Å². The van der Waals surface area contributed by atoms with Gasteiger partial charge >= 0.3 is 0 Å². The van der Waals surface area contributed by atoms with Crippen molar-refractivity contribution in [3.63, 3.8) is 0 Å². The highest BCUT2D eigenvalue weighted by Crippen LogP contribution is 2.32. The van der Waals surface area contributed by atoms with E-state index in [4.69, 9.17) is 15.2 Å². The lowest BCUT2D eigenvalue weighted by Crippen LogP contribution is -2.15. The number of aromatic nitrogens is 1. The molecule has 110 valence electrons. The summed E-state index contributed by atoms with van der Waals surface area (Å²) in [4.78, 5) is 12.2. The summed E-state index contributed by atoms with van der Waals surface area (Å²) in [6.45, 7) is 1.25. The summed E-state index contributed by atoms with van der Waals surface area (Å²) in [6.07, 6.45) is 2.54. The van der Waals surface area contributed by atoms with Gasteiger partial charge in [-0.15, -0.1) is 0 Å². The molecule has 3 N–H and O–H groups in total. The molecule has 2 heterocycles. The summed E-state index contributed by atoms with van der Waals surface area (Å²) in [5, 5.41) is 2.83. The highest BCUT2D eigenvalue weighted by Gasteiger charge is 2.14. The average molecular weight is 287 g/mol. The molecule has 1 aromatic carbocycles. The maximum Gasteiger partial charge on any atom is 0.272 e. The molecule has 0 atom stereocenters. The Hall–Kier alpha value is -2.63. The van der Waals surface area contributed by atoms with Gasteiger partial charge in [0.1, 0.15) is 5.69 Å². The van der Waals surface area contributed by atoms with Gasteiger partial charge in [0, 0.05) is 31.4 Å². The Bertz CT molecular complexity index is 679. The van der Waals surface area contributed by atoms with Crippen molar-refractivity contribution in [1.29, 1.82) is 0 Å². The minimum absolute atomic E-state index is 0.219. The summed E-state index contributed by atoms with van der Waals surface area (Å²) in [5.41, 5.74) is 7.39. The monoisotopic (exact) mass is 287 g/mol. The van der Waals surface area contributed by atoms with E-state index in [1.807, 2.05) is 0 Å². The van der Waals surface area contributed by atoms with E-state index in [9.17, 15) is 4.79 Å². The van der Waals surface area contributed by atoms with Crippen LogP contribution >= 0.6 is 0 Å². The maximum absolute atomic E-state index is 12.2. The Morgan fingerprint density at radius 2 is 2.00 bits per heavy atom. The molecule has 6 heteroatoms. The SMILES string of the molecule is Cn1cc(N)cc1C(=O)Nc1ccc2c(c1)OCCCO2. The maximum atomic E-state index is 12.2. The molecule has 1 aromatic heterocycles. The van der Waals surface area contributed by atoms with Gasteiger partial charge in [-0.1, -0.05) is 0 Å². The number of anilines is 2. The first-order chi connectivity index (χ1) is 10.1. The van der Waals surface area contributed by atoms with E-state index >= 15 is 0 Å². The molecule has 2 aromatic rings. The molecule has 0 aliphatic carbocycles. The van der Waals surface area contributed by atoms with Crippen LogP contribution in [0.2, 0.25) is 0 Å². The fourth-order valence-corrected chi connectivity index (χ4v) is 2.25. The van der Waals surface area contributed by atoms with Gasteiger partial charge in [-0.05, 0) is 18.2 Å². The molecule has 1 aliphatic heterocycles. The first kappa shape index (κ1) is 13.4. The molecule has 0 radical (unpaired) electrons. The summed E-state index contributed by atoms with van der Waals surface area (Å²) < 4.78 is 12.8. The van der Waals surface area contributed by atoms with Crippen molar-refractivity contribution in [2.45, 2.75) is 6.42 Å². The zero-order valence-electron chi connectivity index (χ0n) is 11.8. The van der Waals surface area contributed by atoms with Gasteiger partial charge < -0.3 is 25.1 Å². The average Bonchev–Trinajstić information content (AvgIpc) is 2.66. The normalized spacial score (nSPS) is 13.6. The second-order valence-corrected chi connectivity index (χ2v) is 4.94. The molecule has 0 saturated carbocycles. The minimum Gasteiger partial charge on any atom is -0.490 e. The molecule has 3 rings (SSSR count). The van der Waals surface area contributed by atoms with Crippen LogP contribution in [-0.2, 0) is 7.05 Å². The highest BCUT2D eigenvalue weighted by atomic mass is 16.5.